The molecule has 2 aromatic heterocycles. The summed E-state index contributed by atoms with van der Waals surface area (Å²) in [6, 6.07) is 7.93. The number of aryl methyl sites for hydroxylation is 1. The van der Waals surface area contributed by atoms with Gasteiger partial charge in [0, 0.05) is 18.2 Å². The molecule has 1 aliphatic heterocycles. The Balaban J connectivity index is 1.46. The predicted molar refractivity (Wildman–Crippen MR) is 143 cm³/mol. The Kier molecular flexibility index (Phi) is 8.76. The zero-order valence-electron chi connectivity index (χ0n) is 23.2. The second-order valence-electron chi connectivity index (χ2n) is 10.6. The van der Waals surface area contributed by atoms with Crippen molar-refractivity contribution >= 4 is 23.5 Å². The van der Waals surface area contributed by atoms with Crippen LogP contribution < -0.4 is 10.6 Å². The minimum Gasteiger partial charge on any atom is -0.414 e. The molecule has 12 heteroatoms. The van der Waals surface area contributed by atoms with Crippen LogP contribution in [0.5, 0.6) is 0 Å². The molecule has 1 fully saturated rings. The van der Waals surface area contributed by atoms with E-state index in [2.05, 4.69) is 26.0 Å². The minimum atomic E-state index is -0.940. The molecule has 212 valence electrons. The van der Waals surface area contributed by atoms with Gasteiger partial charge in [0.1, 0.15) is 17.8 Å². The van der Waals surface area contributed by atoms with Crippen molar-refractivity contribution in [2.24, 2.45) is 11.8 Å². The number of nitrogens with one attached hydrogen (secondary N) is 2. The lowest BCUT2D eigenvalue weighted by molar-refractivity contribution is -0.140. The first-order chi connectivity index (χ1) is 19.1. The summed E-state index contributed by atoms with van der Waals surface area (Å²) in [6.45, 7) is 9.23. The monoisotopic (exact) mass is 550 g/mol. The van der Waals surface area contributed by atoms with Gasteiger partial charge in [-0.2, -0.15) is 0 Å². The third-order valence-electron chi connectivity index (χ3n) is 6.82. The van der Waals surface area contributed by atoms with E-state index in [4.69, 9.17) is 8.94 Å². The molecule has 2 N–H and O–H groups in total. The maximum atomic E-state index is 13.6. The van der Waals surface area contributed by atoms with Gasteiger partial charge in [0.2, 0.25) is 23.5 Å². The molecule has 3 amide bonds. The Morgan fingerprint density at radius 3 is 2.30 bits per heavy atom. The summed E-state index contributed by atoms with van der Waals surface area (Å²) in [6.07, 6.45) is 1.03. The van der Waals surface area contributed by atoms with Gasteiger partial charge in [0.25, 0.3) is 11.8 Å². The van der Waals surface area contributed by atoms with Crippen LogP contribution >= 0.6 is 0 Å². The van der Waals surface area contributed by atoms with Crippen molar-refractivity contribution in [2.45, 2.75) is 65.6 Å². The molecule has 4 rings (SSSR count). The molecule has 0 radical (unpaired) electrons. The number of nitrogens with zero attached hydrogens (tertiary/aromatic N) is 4. The number of hydrogen-bond acceptors (Lipinski definition) is 9. The van der Waals surface area contributed by atoms with E-state index in [1.807, 2.05) is 32.0 Å². The lowest BCUT2D eigenvalue weighted by Gasteiger charge is -2.31. The van der Waals surface area contributed by atoms with Crippen molar-refractivity contribution in [2.75, 3.05) is 6.54 Å². The highest BCUT2D eigenvalue weighted by atomic mass is 16.5. The summed E-state index contributed by atoms with van der Waals surface area (Å²) in [5.41, 5.74) is 0.742. The fourth-order valence-electron chi connectivity index (χ4n) is 4.62. The third kappa shape index (κ3) is 6.27. The van der Waals surface area contributed by atoms with Crippen LogP contribution in [-0.4, -0.2) is 68.4 Å². The lowest BCUT2D eigenvalue weighted by atomic mass is 9.98. The smallest absolute Gasteiger partial charge is 0.286 e. The van der Waals surface area contributed by atoms with Gasteiger partial charge in [-0.25, -0.2) is 0 Å². The van der Waals surface area contributed by atoms with Gasteiger partial charge < -0.3 is 24.5 Å². The van der Waals surface area contributed by atoms with E-state index in [1.165, 1.54) is 11.0 Å². The molecule has 1 aliphatic rings. The normalized spacial score (nSPS) is 16.7. The Morgan fingerprint density at radius 1 is 0.975 bits per heavy atom. The van der Waals surface area contributed by atoms with Gasteiger partial charge in [-0.1, -0.05) is 51.1 Å². The highest BCUT2D eigenvalue weighted by Crippen LogP contribution is 2.23. The number of hydrogen-bond donors (Lipinski definition) is 2. The molecule has 1 saturated heterocycles. The fourth-order valence-corrected chi connectivity index (χ4v) is 4.62. The lowest BCUT2D eigenvalue weighted by Crippen LogP contribution is -2.57. The molecule has 0 spiro atoms. The van der Waals surface area contributed by atoms with Crippen molar-refractivity contribution < 1.29 is 28.1 Å². The van der Waals surface area contributed by atoms with E-state index in [-0.39, 0.29) is 35.2 Å². The van der Waals surface area contributed by atoms with Gasteiger partial charge in [-0.15, -0.1) is 10.2 Å². The van der Waals surface area contributed by atoms with Crippen molar-refractivity contribution in [3.05, 3.63) is 53.7 Å². The van der Waals surface area contributed by atoms with Crippen molar-refractivity contribution in [1.29, 1.82) is 0 Å². The molecule has 40 heavy (non-hydrogen) atoms. The second kappa shape index (κ2) is 12.2. The van der Waals surface area contributed by atoms with Crippen LogP contribution in [0.15, 0.2) is 45.3 Å². The summed E-state index contributed by atoms with van der Waals surface area (Å²) >= 11 is 0. The fraction of sp³-hybridized carbons (Fsp3) is 0.464. The van der Waals surface area contributed by atoms with E-state index >= 15 is 0 Å². The van der Waals surface area contributed by atoms with Crippen LogP contribution in [0.4, 0.5) is 0 Å². The highest BCUT2D eigenvalue weighted by Gasteiger charge is 2.40. The van der Waals surface area contributed by atoms with Crippen LogP contribution in [-0.2, 0) is 9.59 Å². The van der Waals surface area contributed by atoms with E-state index in [0.29, 0.717) is 30.7 Å². The zero-order chi connectivity index (χ0) is 29.0. The molecule has 0 unspecified atom stereocenters. The maximum absolute atomic E-state index is 13.6. The number of amides is 3. The Labute approximate surface area is 231 Å². The molecular weight excluding hydrogens is 516 g/mol. The standard InChI is InChI=1S/C28H34N6O6/c1-15(2)21(23(35)27-32-31-26(39-27)18-10-7-6-8-11-18)29-25(37)20-12-9-13-34(20)28(38)22(16(3)4)30-24(36)19-14-17(5)40-33-19/h6-8,10-11,14-16,20-22H,9,12-13H2,1-5H3,(H,29,37)(H,30,36)/t20-,21+,22+/m1/s1. The summed E-state index contributed by atoms with van der Waals surface area (Å²) in [5, 5.41) is 17.1. The average molecular weight is 551 g/mol. The number of likely N-dealkylation sites (tertiary alicyclic amines) is 1. The van der Waals surface area contributed by atoms with Crippen molar-refractivity contribution in [3.8, 4) is 11.5 Å². The molecule has 3 heterocycles. The topological polar surface area (TPSA) is 161 Å². The summed E-state index contributed by atoms with van der Waals surface area (Å²) in [4.78, 5) is 54.5. The summed E-state index contributed by atoms with van der Waals surface area (Å²) in [7, 11) is 0. The molecular formula is C28H34N6O6. The molecule has 3 aromatic rings. The number of aromatic nitrogens is 3. The number of ketones is 1. The number of rotatable bonds is 10. The first-order valence-electron chi connectivity index (χ1n) is 13.3. The van der Waals surface area contributed by atoms with E-state index in [0.717, 1.165) is 0 Å². The summed E-state index contributed by atoms with van der Waals surface area (Å²) < 4.78 is 10.6. The molecule has 0 saturated carbocycles. The largest absolute Gasteiger partial charge is 0.414 e. The third-order valence-corrected chi connectivity index (χ3v) is 6.82. The SMILES string of the molecule is Cc1cc(C(=O)N[C@H](C(=O)N2CCC[C@@H]2C(=O)N[C@H](C(=O)c2nnc(-c3ccccc3)o2)C(C)C)C(C)C)no1. The van der Waals surface area contributed by atoms with Crippen LogP contribution in [0.25, 0.3) is 11.5 Å². The van der Waals surface area contributed by atoms with E-state index in [1.54, 1.807) is 32.9 Å². The predicted octanol–water partition coefficient (Wildman–Crippen LogP) is 2.80. The molecule has 0 aliphatic carbocycles. The highest BCUT2D eigenvalue weighted by molar-refractivity contribution is 6.00. The number of Topliss-reactive ketones (excluding diaryl/α,β-unsaturated/α-hetero) is 1. The Bertz CT molecular complexity index is 1360. The first-order valence-corrected chi connectivity index (χ1v) is 13.3. The van der Waals surface area contributed by atoms with Gasteiger partial charge in [0.05, 0.1) is 6.04 Å². The average Bonchev–Trinajstić information content (AvgIpc) is 3.70. The number of carbonyl (C=O) groups is 4. The van der Waals surface area contributed by atoms with Gasteiger partial charge in [-0.3, -0.25) is 19.2 Å². The van der Waals surface area contributed by atoms with Gasteiger partial charge >= 0.3 is 0 Å². The van der Waals surface area contributed by atoms with Crippen LogP contribution in [0.1, 0.15) is 67.5 Å². The van der Waals surface area contributed by atoms with Crippen LogP contribution in [0.3, 0.4) is 0 Å². The van der Waals surface area contributed by atoms with Crippen LogP contribution in [0.2, 0.25) is 0 Å². The van der Waals surface area contributed by atoms with E-state index in [9.17, 15) is 19.2 Å². The first kappa shape index (κ1) is 28.7. The summed E-state index contributed by atoms with van der Waals surface area (Å²) in [5.74, 6) is -1.96. The van der Waals surface area contributed by atoms with E-state index < -0.39 is 35.7 Å². The second-order valence-corrected chi connectivity index (χ2v) is 10.6. The quantitative estimate of drug-likeness (QED) is 0.362. The van der Waals surface area contributed by atoms with Gasteiger partial charge in [-0.05, 0) is 43.7 Å². The van der Waals surface area contributed by atoms with Crippen molar-refractivity contribution in [3.63, 3.8) is 0 Å². The number of benzene rings is 1. The zero-order valence-corrected chi connectivity index (χ0v) is 23.2. The molecule has 3 atom stereocenters. The van der Waals surface area contributed by atoms with Crippen molar-refractivity contribution in [1.82, 2.24) is 30.9 Å². The minimum absolute atomic E-state index is 0.0707. The Morgan fingerprint density at radius 2 is 1.68 bits per heavy atom. The van der Waals surface area contributed by atoms with Crippen LogP contribution in [0, 0.1) is 18.8 Å². The Hall–Kier alpha value is -4.35. The molecule has 12 nitrogen and oxygen atoms in total. The maximum Gasteiger partial charge on any atom is 0.286 e. The number of carbonyl (C=O) groups excluding carboxylic acids is 4. The van der Waals surface area contributed by atoms with Gasteiger partial charge in [0.15, 0.2) is 5.69 Å². The molecule has 0 bridgehead atoms. The molecule has 1 aromatic carbocycles.